The van der Waals surface area contributed by atoms with Crippen LogP contribution >= 0.6 is 0 Å². The van der Waals surface area contributed by atoms with Crippen molar-refractivity contribution in [1.82, 2.24) is 20.2 Å². The van der Waals surface area contributed by atoms with Crippen molar-refractivity contribution in [3.63, 3.8) is 0 Å². The van der Waals surface area contributed by atoms with Crippen molar-refractivity contribution < 1.29 is 9.53 Å². The van der Waals surface area contributed by atoms with E-state index in [9.17, 15) is 4.79 Å². The van der Waals surface area contributed by atoms with Crippen LogP contribution in [0.1, 0.15) is 85.2 Å². The molecule has 33 heavy (non-hydrogen) atoms. The largest absolute Gasteiger partial charge is 0.375 e. The first-order valence-corrected chi connectivity index (χ1v) is 12.9. The molecule has 1 unspecified atom stereocenters. The molecule has 2 heterocycles. The summed E-state index contributed by atoms with van der Waals surface area (Å²) in [4.78, 5) is 26.1. The molecule has 0 aromatic carbocycles. The molecule has 1 saturated heterocycles. The highest BCUT2D eigenvalue weighted by Gasteiger charge is 2.28. The van der Waals surface area contributed by atoms with Crippen LogP contribution in [-0.4, -0.2) is 65.6 Å². The lowest BCUT2D eigenvalue weighted by Crippen LogP contribution is -2.52. The fourth-order valence-corrected chi connectivity index (χ4v) is 5.07. The zero-order chi connectivity index (χ0) is 24.0. The molecule has 1 atom stereocenters. The van der Waals surface area contributed by atoms with Crippen LogP contribution in [0.3, 0.4) is 0 Å². The van der Waals surface area contributed by atoms with Gasteiger partial charge in [0.2, 0.25) is 5.91 Å². The number of rotatable bonds is 8. The summed E-state index contributed by atoms with van der Waals surface area (Å²) in [7, 11) is 0. The number of nitrogens with zero attached hydrogens (tertiary/aromatic N) is 4. The number of aromatic nitrogens is 2. The zero-order valence-corrected chi connectivity index (χ0v) is 21.7. The third kappa shape index (κ3) is 7.64. The molecule has 0 radical (unpaired) electrons. The number of anilines is 1. The maximum absolute atomic E-state index is 11.3. The van der Waals surface area contributed by atoms with Gasteiger partial charge in [0, 0.05) is 56.7 Å². The van der Waals surface area contributed by atoms with Gasteiger partial charge in [0.1, 0.15) is 11.6 Å². The highest BCUT2D eigenvalue weighted by atomic mass is 16.5. The standard InChI is InChI=1S/C26H45N5O2/c1-7-33-18-23-16-24(29-25(28-23)26(4,5)6)31-15-14-30(17-19(31)2)13-12-21-8-10-22(11-9-21)27-20(3)32/h16,19,21-22H,7-15,17-18H2,1-6H3,(H,27,32). The van der Waals surface area contributed by atoms with Crippen LogP contribution in [0, 0.1) is 5.92 Å². The first-order valence-electron chi connectivity index (χ1n) is 12.9. The number of nitrogens with one attached hydrogen (secondary N) is 1. The minimum Gasteiger partial charge on any atom is -0.375 e. The van der Waals surface area contributed by atoms with Crippen LogP contribution in [-0.2, 0) is 21.6 Å². The monoisotopic (exact) mass is 459 g/mol. The number of carbonyl (C=O) groups excluding carboxylic acids is 1. The molecule has 0 spiro atoms. The summed E-state index contributed by atoms with van der Waals surface area (Å²) in [6.45, 7) is 18.0. The van der Waals surface area contributed by atoms with Gasteiger partial charge in [0.15, 0.2) is 0 Å². The molecule has 186 valence electrons. The van der Waals surface area contributed by atoms with Gasteiger partial charge in [-0.25, -0.2) is 9.97 Å². The average molecular weight is 460 g/mol. The summed E-state index contributed by atoms with van der Waals surface area (Å²) < 4.78 is 5.65. The predicted molar refractivity (Wildman–Crippen MR) is 133 cm³/mol. The second kappa shape index (κ2) is 11.6. The lowest BCUT2D eigenvalue weighted by Gasteiger charge is -2.41. The summed E-state index contributed by atoms with van der Waals surface area (Å²) in [5, 5.41) is 3.09. The van der Waals surface area contributed by atoms with E-state index in [1.807, 2.05) is 6.92 Å². The Morgan fingerprint density at radius 3 is 2.52 bits per heavy atom. The van der Waals surface area contributed by atoms with Crippen LogP contribution in [0.15, 0.2) is 6.07 Å². The Morgan fingerprint density at radius 1 is 1.18 bits per heavy atom. The molecule has 1 N–H and O–H groups in total. The zero-order valence-electron chi connectivity index (χ0n) is 21.7. The highest BCUT2D eigenvalue weighted by molar-refractivity contribution is 5.73. The SMILES string of the molecule is CCOCc1cc(N2CCN(CCC3CCC(NC(C)=O)CC3)CC2C)nc(C(C)(C)C)n1. The van der Waals surface area contributed by atoms with Gasteiger partial charge < -0.3 is 15.0 Å². The third-order valence-corrected chi connectivity index (χ3v) is 7.00. The quantitative estimate of drug-likeness (QED) is 0.636. The maximum atomic E-state index is 11.3. The van der Waals surface area contributed by atoms with Gasteiger partial charge >= 0.3 is 0 Å². The molecule has 7 nitrogen and oxygen atoms in total. The Balaban J connectivity index is 1.54. The van der Waals surface area contributed by atoms with Crippen LogP contribution in [0.4, 0.5) is 5.82 Å². The molecule has 1 aliphatic carbocycles. The number of hydrogen-bond donors (Lipinski definition) is 1. The van der Waals surface area contributed by atoms with Crippen LogP contribution < -0.4 is 10.2 Å². The summed E-state index contributed by atoms with van der Waals surface area (Å²) >= 11 is 0. The van der Waals surface area contributed by atoms with Crippen molar-refractivity contribution in [2.75, 3.05) is 37.7 Å². The lowest BCUT2D eigenvalue weighted by molar-refractivity contribution is -0.119. The van der Waals surface area contributed by atoms with E-state index >= 15 is 0 Å². The summed E-state index contributed by atoms with van der Waals surface area (Å²) in [6.07, 6.45) is 5.99. The second-order valence-corrected chi connectivity index (χ2v) is 11.0. The number of hydrogen-bond acceptors (Lipinski definition) is 6. The van der Waals surface area contributed by atoms with E-state index in [0.29, 0.717) is 25.3 Å². The summed E-state index contributed by atoms with van der Waals surface area (Å²) in [5.41, 5.74) is 0.873. The van der Waals surface area contributed by atoms with Crippen LogP contribution in [0.25, 0.3) is 0 Å². The molecule has 2 fully saturated rings. The number of piperazine rings is 1. The van der Waals surface area contributed by atoms with Gasteiger partial charge in [-0.2, -0.15) is 0 Å². The van der Waals surface area contributed by atoms with Crippen molar-refractivity contribution in [3.8, 4) is 0 Å². The summed E-state index contributed by atoms with van der Waals surface area (Å²) in [6, 6.07) is 2.92. The van der Waals surface area contributed by atoms with Gasteiger partial charge in [-0.15, -0.1) is 0 Å². The van der Waals surface area contributed by atoms with Gasteiger partial charge in [0.25, 0.3) is 0 Å². The van der Waals surface area contributed by atoms with Gasteiger partial charge in [-0.05, 0) is 58.4 Å². The molecule has 0 bridgehead atoms. The molecule has 1 aromatic rings. The fraction of sp³-hybridized carbons (Fsp3) is 0.808. The maximum Gasteiger partial charge on any atom is 0.217 e. The Morgan fingerprint density at radius 2 is 1.91 bits per heavy atom. The van der Waals surface area contributed by atoms with Crippen molar-refractivity contribution in [2.45, 2.75) is 97.8 Å². The Bertz CT molecular complexity index is 770. The first kappa shape index (κ1) is 25.9. The molecular formula is C26H45N5O2. The van der Waals surface area contributed by atoms with E-state index in [0.717, 1.165) is 55.7 Å². The van der Waals surface area contributed by atoms with Gasteiger partial charge in [0.05, 0.1) is 12.3 Å². The Kier molecular flexibility index (Phi) is 9.10. The van der Waals surface area contributed by atoms with Crippen LogP contribution in [0.2, 0.25) is 0 Å². The second-order valence-electron chi connectivity index (χ2n) is 11.0. The molecule has 1 saturated carbocycles. The molecule has 7 heteroatoms. The Labute approximate surface area is 200 Å². The van der Waals surface area contributed by atoms with E-state index in [1.54, 1.807) is 6.92 Å². The minimum absolute atomic E-state index is 0.0963. The average Bonchev–Trinajstić information content (AvgIpc) is 2.76. The molecule has 1 aromatic heterocycles. The molecule has 1 aliphatic heterocycles. The van der Waals surface area contributed by atoms with Crippen LogP contribution in [0.5, 0.6) is 0 Å². The van der Waals surface area contributed by atoms with Gasteiger partial charge in [-0.1, -0.05) is 20.8 Å². The number of carbonyl (C=O) groups is 1. The molecule has 1 amide bonds. The smallest absolute Gasteiger partial charge is 0.217 e. The third-order valence-electron chi connectivity index (χ3n) is 7.00. The first-order chi connectivity index (χ1) is 15.7. The number of ether oxygens (including phenoxy) is 1. The molecule has 2 aliphatic rings. The van der Waals surface area contributed by atoms with Gasteiger partial charge in [-0.3, -0.25) is 9.69 Å². The Hall–Kier alpha value is -1.73. The highest BCUT2D eigenvalue weighted by Crippen LogP contribution is 2.28. The normalized spacial score (nSPS) is 24.7. The topological polar surface area (TPSA) is 70.6 Å². The number of amides is 1. The summed E-state index contributed by atoms with van der Waals surface area (Å²) in [5.74, 6) is 2.82. The van der Waals surface area contributed by atoms with Crippen molar-refractivity contribution in [3.05, 3.63) is 17.6 Å². The van der Waals surface area contributed by atoms with Crippen molar-refractivity contribution in [2.24, 2.45) is 5.92 Å². The minimum atomic E-state index is -0.0963. The predicted octanol–water partition coefficient (Wildman–Crippen LogP) is 3.91. The fourth-order valence-electron chi connectivity index (χ4n) is 5.07. The van der Waals surface area contributed by atoms with Crippen molar-refractivity contribution >= 4 is 11.7 Å². The molecular weight excluding hydrogens is 414 g/mol. The molecule has 3 rings (SSSR count). The van der Waals surface area contributed by atoms with E-state index in [1.165, 1.54) is 25.8 Å². The van der Waals surface area contributed by atoms with E-state index < -0.39 is 0 Å². The van der Waals surface area contributed by atoms with E-state index in [-0.39, 0.29) is 11.3 Å². The van der Waals surface area contributed by atoms with E-state index in [2.05, 4.69) is 48.9 Å². The van der Waals surface area contributed by atoms with E-state index in [4.69, 9.17) is 14.7 Å². The van der Waals surface area contributed by atoms with Crippen molar-refractivity contribution in [1.29, 1.82) is 0 Å². The lowest BCUT2D eigenvalue weighted by atomic mass is 9.84.